The Balaban J connectivity index is 1.49. The molecule has 4 rings (SSSR count). The highest BCUT2D eigenvalue weighted by atomic mass is 35.5. The molecule has 0 saturated carbocycles. The maximum absolute atomic E-state index is 12.8. The lowest BCUT2D eigenvalue weighted by molar-refractivity contribution is -0.120. The van der Waals surface area contributed by atoms with E-state index in [1.54, 1.807) is 48.5 Å². The molecule has 1 heterocycles. The van der Waals surface area contributed by atoms with Crippen molar-refractivity contribution in [3.05, 3.63) is 89.6 Å². The van der Waals surface area contributed by atoms with Crippen LogP contribution in [0.4, 0.5) is 11.4 Å². The van der Waals surface area contributed by atoms with Crippen LogP contribution in [0.1, 0.15) is 0 Å². The molecule has 0 bridgehead atoms. The van der Waals surface area contributed by atoms with Crippen molar-refractivity contribution in [1.82, 2.24) is 0 Å². The van der Waals surface area contributed by atoms with Crippen molar-refractivity contribution < 1.29 is 19.1 Å². The fraction of sp³-hybridized carbons (Fsp3) is 0.0435. The van der Waals surface area contributed by atoms with E-state index in [2.05, 4.69) is 5.32 Å². The number of rotatable bonds is 6. The first-order chi connectivity index (χ1) is 14.6. The molecule has 3 aromatic rings. The van der Waals surface area contributed by atoms with E-state index in [9.17, 15) is 9.59 Å². The molecule has 0 unspecified atom stereocenters. The van der Waals surface area contributed by atoms with Gasteiger partial charge in [0.15, 0.2) is 0 Å². The number of hydrogen-bond acceptors (Lipinski definition) is 5. The maximum Gasteiger partial charge on any atom is 0.283 e. The number of para-hydroxylation sites is 1. The summed E-state index contributed by atoms with van der Waals surface area (Å²) in [5, 5.41) is 2.77. The summed E-state index contributed by atoms with van der Waals surface area (Å²) in [6.45, 7) is 0. The van der Waals surface area contributed by atoms with Crippen LogP contribution >= 0.6 is 11.6 Å². The van der Waals surface area contributed by atoms with Gasteiger partial charge < -0.3 is 14.8 Å². The fourth-order valence-corrected chi connectivity index (χ4v) is 3.17. The summed E-state index contributed by atoms with van der Waals surface area (Å²) in [6, 6.07) is 23.0. The van der Waals surface area contributed by atoms with Gasteiger partial charge in [0.05, 0.1) is 12.8 Å². The second-order valence-corrected chi connectivity index (χ2v) is 6.78. The molecular weight excluding hydrogens is 404 g/mol. The highest BCUT2D eigenvalue weighted by Gasteiger charge is 2.38. The predicted octanol–water partition coefficient (Wildman–Crippen LogP) is 4.92. The largest absolute Gasteiger partial charge is 0.497 e. The van der Waals surface area contributed by atoms with Crippen LogP contribution in [0.25, 0.3) is 0 Å². The second-order valence-electron chi connectivity index (χ2n) is 6.40. The van der Waals surface area contributed by atoms with Crippen molar-refractivity contribution in [2.75, 3.05) is 17.3 Å². The van der Waals surface area contributed by atoms with Crippen LogP contribution in [0.15, 0.2) is 89.6 Å². The van der Waals surface area contributed by atoms with Gasteiger partial charge in [-0.25, -0.2) is 4.90 Å². The van der Waals surface area contributed by atoms with Gasteiger partial charge in [-0.2, -0.15) is 0 Å². The van der Waals surface area contributed by atoms with Gasteiger partial charge in [0.25, 0.3) is 11.8 Å². The third-order valence-electron chi connectivity index (χ3n) is 4.46. The zero-order valence-electron chi connectivity index (χ0n) is 16.0. The third-order valence-corrected chi connectivity index (χ3v) is 4.81. The van der Waals surface area contributed by atoms with Gasteiger partial charge in [0, 0.05) is 5.69 Å². The average molecular weight is 421 g/mol. The number of anilines is 2. The molecule has 3 aromatic carbocycles. The molecule has 1 aliphatic heterocycles. The highest BCUT2D eigenvalue weighted by molar-refractivity contribution is 6.53. The summed E-state index contributed by atoms with van der Waals surface area (Å²) in [4.78, 5) is 26.4. The number of ether oxygens (including phenoxy) is 2. The standard InChI is InChI=1S/C23H17ClN2O4/c1-29-17-13-9-16(10-14-17)26-22(27)20(24)21(23(26)28)25-15-7-11-19(12-8-15)30-18-5-3-2-4-6-18/h2-14,25H,1H3. The van der Waals surface area contributed by atoms with Crippen molar-refractivity contribution in [1.29, 1.82) is 0 Å². The number of halogens is 1. The van der Waals surface area contributed by atoms with Crippen LogP contribution in [0.2, 0.25) is 0 Å². The Bertz CT molecular complexity index is 1110. The number of methoxy groups -OCH3 is 1. The monoisotopic (exact) mass is 420 g/mol. The quantitative estimate of drug-likeness (QED) is 0.573. The summed E-state index contributed by atoms with van der Waals surface area (Å²) < 4.78 is 10.9. The molecule has 150 valence electrons. The number of carbonyl (C=O) groups excluding carboxylic acids is 2. The predicted molar refractivity (Wildman–Crippen MR) is 115 cm³/mol. The van der Waals surface area contributed by atoms with Crippen LogP contribution < -0.4 is 19.7 Å². The van der Waals surface area contributed by atoms with Gasteiger partial charge in [-0.05, 0) is 60.7 Å². The van der Waals surface area contributed by atoms with Crippen molar-refractivity contribution >= 4 is 34.8 Å². The topological polar surface area (TPSA) is 67.9 Å². The highest BCUT2D eigenvalue weighted by Crippen LogP contribution is 2.31. The van der Waals surface area contributed by atoms with E-state index in [-0.39, 0.29) is 10.7 Å². The molecule has 0 spiro atoms. The Labute approximate surface area is 178 Å². The molecule has 0 atom stereocenters. The Hall–Kier alpha value is -3.77. The number of hydrogen-bond donors (Lipinski definition) is 1. The van der Waals surface area contributed by atoms with E-state index < -0.39 is 11.8 Å². The van der Waals surface area contributed by atoms with Gasteiger partial charge in [-0.15, -0.1) is 0 Å². The molecule has 0 aromatic heterocycles. The van der Waals surface area contributed by atoms with E-state index in [1.807, 2.05) is 30.3 Å². The summed E-state index contributed by atoms with van der Waals surface area (Å²) >= 11 is 6.17. The van der Waals surface area contributed by atoms with Crippen LogP contribution in [0.5, 0.6) is 17.2 Å². The third kappa shape index (κ3) is 3.86. The van der Waals surface area contributed by atoms with E-state index >= 15 is 0 Å². The van der Waals surface area contributed by atoms with Crippen molar-refractivity contribution in [3.63, 3.8) is 0 Å². The lowest BCUT2D eigenvalue weighted by Crippen LogP contribution is -2.32. The summed E-state index contributed by atoms with van der Waals surface area (Å²) in [7, 11) is 1.54. The number of nitrogens with one attached hydrogen (secondary N) is 1. The Morgan fingerprint density at radius 3 is 2.00 bits per heavy atom. The van der Waals surface area contributed by atoms with Crippen molar-refractivity contribution in [2.24, 2.45) is 0 Å². The van der Waals surface area contributed by atoms with Gasteiger partial charge in [0.1, 0.15) is 28.0 Å². The average Bonchev–Trinajstić information content (AvgIpc) is 2.99. The minimum atomic E-state index is -0.585. The van der Waals surface area contributed by atoms with E-state index in [1.165, 1.54) is 7.11 Å². The minimum Gasteiger partial charge on any atom is -0.497 e. The van der Waals surface area contributed by atoms with Crippen LogP contribution in [-0.2, 0) is 9.59 Å². The summed E-state index contributed by atoms with van der Waals surface area (Å²) in [5.41, 5.74) is 1.03. The normalized spacial score (nSPS) is 13.6. The van der Waals surface area contributed by atoms with Gasteiger partial charge >= 0.3 is 0 Å². The molecule has 0 radical (unpaired) electrons. The van der Waals surface area contributed by atoms with Gasteiger partial charge in [-0.1, -0.05) is 29.8 Å². The number of imide groups is 1. The first-order valence-corrected chi connectivity index (χ1v) is 9.47. The maximum atomic E-state index is 12.8. The van der Waals surface area contributed by atoms with E-state index in [0.717, 1.165) is 10.6 Å². The first kappa shape index (κ1) is 19.5. The SMILES string of the molecule is COc1ccc(N2C(=O)C(Cl)=C(Nc3ccc(Oc4ccccc4)cc3)C2=O)cc1. The zero-order valence-corrected chi connectivity index (χ0v) is 16.7. The van der Waals surface area contributed by atoms with Crippen LogP contribution in [0.3, 0.4) is 0 Å². The van der Waals surface area contributed by atoms with E-state index in [0.29, 0.717) is 22.9 Å². The smallest absolute Gasteiger partial charge is 0.283 e. The van der Waals surface area contributed by atoms with Crippen molar-refractivity contribution in [3.8, 4) is 17.2 Å². The number of carbonyl (C=O) groups is 2. The Morgan fingerprint density at radius 2 is 1.37 bits per heavy atom. The lowest BCUT2D eigenvalue weighted by atomic mass is 10.2. The Kier molecular flexibility index (Phi) is 5.41. The number of amides is 2. The van der Waals surface area contributed by atoms with Crippen LogP contribution in [0, 0.1) is 0 Å². The molecule has 1 N–H and O–H groups in total. The second kappa shape index (κ2) is 8.31. The summed E-state index contributed by atoms with van der Waals surface area (Å²) in [6.07, 6.45) is 0. The van der Waals surface area contributed by atoms with Gasteiger partial charge in [0.2, 0.25) is 0 Å². The molecule has 2 amide bonds. The molecule has 0 aliphatic carbocycles. The molecule has 1 aliphatic rings. The molecule has 30 heavy (non-hydrogen) atoms. The molecule has 0 fully saturated rings. The number of nitrogens with zero attached hydrogens (tertiary/aromatic N) is 1. The molecular formula is C23H17ClN2O4. The lowest BCUT2D eigenvalue weighted by Gasteiger charge is -2.15. The number of benzene rings is 3. The minimum absolute atomic E-state index is 0.0224. The fourth-order valence-electron chi connectivity index (χ4n) is 2.95. The molecule has 0 saturated heterocycles. The van der Waals surface area contributed by atoms with Crippen LogP contribution in [-0.4, -0.2) is 18.9 Å². The zero-order chi connectivity index (χ0) is 21.1. The van der Waals surface area contributed by atoms with E-state index in [4.69, 9.17) is 21.1 Å². The molecule has 6 nitrogen and oxygen atoms in total. The van der Waals surface area contributed by atoms with Crippen molar-refractivity contribution in [2.45, 2.75) is 0 Å². The van der Waals surface area contributed by atoms with Gasteiger partial charge in [-0.3, -0.25) is 9.59 Å². The molecule has 7 heteroatoms. The summed E-state index contributed by atoms with van der Waals surface area (Å²) in [5.74, 6) is 0.863. The Morgan fingerprint density at radius 1 is 0.767 bits per heavy atom. The first-order valence-electron chi connectivity index (χ1n) is 9.09.